The fourth-order valence-electron chi connectivity index (χ4n) is 4.26. The fourth-order valence-corrected chi connectivity index (χ4v) is 4.59. The summed E-state index contributed by atoms with van der Waals surface area (Å²) in [6.45, 7) is 10.4. The zero-order valence-electron chi connectivity index (χ0n) is 16.9. The van der Waals surface area contributed by atoms with Gasteiger partial charge in [-0.25, -0.2) is 0 Å². The van der Waals surface area contributed by atoms with Gasteiger partial charge in [-0.2, -0.15) is 0 Å². The first kappa shape index (κ1) is 19.8. The van der Waals surface area contributed by atoms with Gasteiger partial charge in [0.1, 0.15) is 0 Å². The molecule has 2 aromatic rings. The molecule has 3 heterocycles. The van der Waals surface area contributed by atoms with Crippen LogP contribution < -0.4 is 5.32 Å². The van der Waals surface area contributed by atoms with Crippen LogP contribution >= 0.6 is 12.2 Å². The standard InChI is InChI=1S/C21H30N4OS/c1-14(2)25-15(3)13-17(16(25)4)20-19(18-9-6-7-10-22-18)23-21(27)24(20)11-8-12-26-5/h6-7,9-10,13-14,19-20H,8,11-12H2,1-5H3,(H,23,27)/t19-,20+/m0/s1. The summed E-state index contributed by atoms with van der Waals surface area (Å²) in [6, 6.07) is 8.98. The zero-order valence-corrected chi connectivity index (χ0v) is 17.7. The molecule has 146 valence electrons. The van der Waals surface area contributed by atoms with Gasteiger partial charge in [-0.05, 0) is 70.1 Å². The van der Waals surface area contributed by atoms with Gasteiger partial charge in [0.2, 0.25) is 0 Å². The van der Waals surface area contributed by atoms with Crippen molar-refractivity contribution in [3.05, 3.63) is 53.1 Å². The lowest BCUT2D eigenvalue weighted by atomic mass is 9.96. The largest absolute Gasteiger partial charge is 0.385 e. The summed E-state index contributed by atoms with van der Waals surface area (Å²) in [5, 5.41) is 4.32. The van der Waals surface area contributed by atoms with Crippen molar-refractivity contribution in [1.29, 1.82) is 0 Å². The second-order valence-corrected chi connectivity index (χ2v) is 7.84. The summed E-state index contributed by atoms with van der Waals surface area (Å²) >= 11 is 5.72. The molecule has 1 saturated heterocycles. The summed E-state index contributed by atoms with van der Waals surface area (Å²) < 4.78 is 7.66. The Morgan fingerprint density at radius 1 is 1.30 bits per heavy atom. The van der Waals surface area contributed by atoms with Crippen LogP contribution in [0.1, 0.15) is 61.0 Å². The number of nitrogens with zero attached hydrogens (tertiary/aromatic N) is 3. The zero-order chi connectivity index (χ0) is 19.6. The van der Waals surface area contributed by atoms with Crippen molar-refractivity contribution in [2.24, 2.45) is 0 Å². The number of methoxy groups -OCH3 is 1. The number of nitrogens with one attached hydrogen (secondary N) is 1. The van der Waals surface area contributed by atoms with Crippen molar-refractivity contribution >= 4 is 17.3 Å². The van der Waals surface area contributed by atoms with Gasteiger partial charge in [0.05, 0.1) is 17.8 Å². The van der Waals surface area contributed by atoms with Crippen LogP contribution in [0.5, 0.6) is 0 Å². The second-order valence-electron chi connectivity index (χ2n) is 7.46. The molecule has 3 rings (SSSR count). The molecule has 6 heteroatoms. The SMILES string of the molecule is COCCCN1C(=S)N[C@@H](c2ccccn2)[C@H]1c1cc(C)n(C(C)C)c1C. The molecule has 0 aliphatic carbocycles. The van der Waals surface area contributed by atoms with Crippen LogP contribution in [0.2, 0.25) is 0 Å². The Kier molecular flexibility index (Phi) is 6.17. The van der Waals surface area contributed by atoms with Crippen LogP contribution in [0.4, 0.5) is 0 Å². The smallest absolute Gasteiger partial charge is 0.170 e. The third kappa shape index (κ3) is 3.87. The average molecular weight is 387 g/mol. The van der Waals surface area contributed by atoms with E-state index in [9.17, 15) is 0 Å². The summed E-state index contributed by atoms with van der Waals surface area (Å²) in [5.74, 6) is 0. The maximum absolute atomic E-state index is 5.72. The Labute approximate surface area is 167 Å². The lowest BCUT2D eigenvalue weighted by molar-refractivity contribution is 0.180. The minimum atomic E-state index is 0.0438. The first-order chi connectivity index (χ1) is 13.0. The lowest BCUT2D eigenvalue weighted by Gasteiger charge is -2.28. The molecule has 1 fully saturated rings. The van der Waals surface area contributed by atoms with E-state index in [0.29, 0.717) is 6.04 Å². The molecule has 0 aromatic carbocycles. The number of thiocarbonyl (C=S) groups is 1. The van der Waals surface area contributed by atoms with E-state index < -0.39 is 0 Å². The monoisotopic (exact) mass is 386 g/mol. The molecule has 0 saturated carbocycles. The molecule has 27 heavy (non-hydrogen) atoms. The van der Waals surface area contributed by atoms with Crippen molar-refractivity contribution in [2.75, 3.05) is 20.3 Å². The van der Waals surface area contributed by atoms with Gasteiger partial charge in [-0.3, -0.25) is 4.98 Å². The maximum Gasteiger partial charge on any atom is 0.170 e. The second kappa shape index (κ2) is 8.40. The van der Waals surface area contributed by atoms with Crippen LogP contribution in [0.3, 0.4) is 0 Å². The molecule has 2 atom stereocenters. The highest BCUT2D eigenvalue weighted by atomic mass is 32.1. The van der Waals surface area contributed by atoms with Gasteiger partial charge >= 0.3 is 0 Å². The van der Waals surface area contributed by atoms with Crippen LogP contribution in [0.15, 0.2) is 30.5 Å². The van der Waals surface area contributed by atoms with Gasteiger partial charge in [0.25, 0.3) is 0 Å². The van der Waals surface area contributed by atoms with E-state index in [4.69, 9.17) is 17.0 Å². The highest BCUT2D eigenvalue weighted by Gasteiger charge is 2.41. The highest BCUT2D eigenvalue weighted by molar-refractivity contribution is 7.80. The first-order valence-electron chi connectivity index (χ1n) is 9.61. The third-order valence-electron chi connectivity index (χ3n) is 5.30. The molecule has 1 N–H and O–H groups in total. The van der Waals surface area contributed by atoms with Crippen molar-refractivity contribution in [2.45, 2.75) is 52.2 Å². The number of aryl methyl sites for hydroxylation is 1. The van der Waals surface area contributed by atoms with Gasteiger partial charge in [0, 0.05) is 43.9 Å². The van der Waals surface area contributed by atoms with E-state index in [0.717, 1.165) is 30.4 Å². The van der Waals surface area contributed by atoms with E-state index in [1.807, 2.05) is 18.3 Å². The van der Waals surface area contributed by atoms with Crippen LogP contribution in [-0.4, -0.2) is 39.8 Å². The van der Waals surface area contributed by atoms with Crippen LogP contribution in [0.25, 0.3) is 0 Å². The van der Waals surface area contributed by atoms with Gasteiger partial charge in [0.15, 0.2) is 5.11 Å². The molecule has 1 aliphatic heterocycles. The predicted molar refractivity (Wildman–Crippen MR) is 113 cm³/mol. The first-order valence-corrected chi connectivity index (χ1v) is 10.0. The lowest BCUT2D eigenvalue weighted by Crippen LogP contribution is -2.31. The Morgan fingerprint density at radius 2 is 2.07 bits per heavy atom. The molecule has 0 amide bonds. The fraction of sp³-hybridized carbons (Fsp3) is 0.524. The van der Waals surface area contributed by atoms with Gasteiger partial charge < -0.3 is 19.5 Å². The van der Waals surface area contributed by atoms with Crippen molar-refractivity contribution in [1.82, 2.24) is 19.8 Å². The topological polar surface area (TPSA) is 42.3 Å². The van der Waals surface area contributed by atoms with Crippen LogP contribution in [0, 0.1) is 13.8 Å². The van der Waals surface area contributed by atoms with E-state index in [1.165, 1.54) is 17.0 Å². The number of rotatable bonds is 7. The van der Waals surface area contributed by atoms with Gasteiger partial charge in [-0.15, -0.1) is 0 Å². The van der Waals surface area contributed by atoms with E-state index in [2.05, 4.69) is 59.6 Å². The van der Waals surface area contributed by atoms with E-state index >= 15 is 0 Å². The summed E-state index contributed by atoms with van der Waals surface area (Å²) in [4.78, 5) is 6.92. The normalized spacial score (nSPS) is 19.8. The summed E-state index contributed by atoms with van der Waals surface area (Å²) in [7, 11) is 1.74. The molecule has 5 nitrogen and oxygen atoms in total. The van der Waals surface area contributed by atoms with Gasteiger partial charge in [-0.1, -0.05) is 6.07 Å². The number of pyridine rings is 1. The number of aromatic nitrogens is 2. The maximum atomic E-state index is 5.72. The van der Waals surface area contributed by atoms with E-state index in [1.54, 1.807) is 7.11 Å². The Morgan fingerprint density at radius 3 is 2.67 bits per heavy atom. The minimum Gasteiger partial charge on any atom is -0.385 e. The quantitative estimate of drug-likeness (QED) is 0.573. The Bertz CT molecular complexity index is 787. The van der Waals surface area contributed by atoms with Crippen molar-refractivity contribution in [3.8, 4) is 0 Å². The molecule has 1 aliphatic rings. The molecular weight excluding hydrogens is 356 g/mol. The molecular formula is C21H30N4OS. The van der Waals surface area contributed by atoms with E-state index in [-0.39, 0.29) is 12.1 Å². The van der Waals surface area contributed by atoms with Crippen LogP contribution in [-0.2, 0) is 4.74 Å². The molecule has 0 radical (unpaired) electrons. The predicted octanol–water partition coefficient (Wildman–Crippen LogP) is 4.09. The molecule has 0 spiro atoms. The average Bonchev–Trinajstić information content (AvgIpc) is 3.12. The van der Waals surface area contributed by atoms with Crippen molar-refractivity contribution < 1.29 is 4.74 Å². The third-order valence-corrected chi connectivity index (χ3v) is 5.66. The number of ether oxygens (including phenoxy) is 1. The minimum absolute atomic E-state index is 0.0438. The summed E-state index contributed by atoms with van der Waals surface area (Å²) in [5.41, 5.74) is 4.93. The Hall–Kier alpha value is -1.92. The number of hydrogen-bond donors (Lipinski definition) is 1. The molecule has 2 aromatic heterocycles. The van der Waals surface area contributed by atoms with Crippen molar-refractivity contribution in [3.63, 3.8) is 0 Å². The number of hydrogen-bond acceptors (Lipinski definition) is 3. The highest BCUT2D eigenvalue weighted by Crippen LogP contribution is 2.41. The molecule has 0 unspecified atom stereocenters. The molecule has 0 bridgehead atoms. The summed E-state index contributed by atoms with van der Waals surface area (Å²) in [6.07, 6.45) is 2.79. The Balaban J connectivity index is 2.04.